The topological polar surface area (TPSA) is 78.3 Å². The Morgan fingerprint density at radius 2 is 1.74 bits per heavy atom. The van der Waals surface area contributed by atoms with Gasteiger partial charge in [0.1, 0.15) is 0 Å². The third-order valence-corrected chi connectivity index (χ3v) is 3.25. The lowest BCUT2D eigenvalue weighted by Gasteiger charge is -2.10. The van der Waals surface area contributed by atoms with E-state index in [2.05, 4.69) is 6.92 Å². The van der Waals surface area contributed by atoms with Gasteiger partial charge in [0, 0.05) is 12.5 Å². The summed E-state index contributed by atoms with van der Waals surface area (Å²) in [6.07, 6.45) is 10.0. The van der Waals surface area contributed by atoms with Crippen LogP contribution < -0.4 is 11.5 Å². The van der Waals surface area contributed by atoms with Crippen molar-refractivity contribution in [2.75, 3.05) is 13.2 Å². The Labute approximate surface area is 118 Å². The second-order valence-corrected chi connectivity index (χ2v) is 5.22. The van der Waals surface area contributed by atoms with E-state index in [0.717, 1.165) is 38.5 Å². The van der Waals surface area contributed by atoms with Crippen molar-refractivity contribution in [3.8, 4) is 0 Å². The van der Waals surface area contributed by atoms with Gasteiger partial charge in [-0.3, -0.25) is 4.79 Å². The highest BCUT2D eigenvalue weighted by atomic mass is 16.5. The van der Waals surface area contributed by atoms with Crippen LogP contribution in [0.2, 0.25) is 0 Å². The summed E-state index contributed by atoms with van der Waals surface area (Å²) in [5.74, 6) is -0.0629. The van der Waals surface area contributed by atoms with Crippen LogP contribution in [0, 0.1) is 0 Å². The van der Waals surface area contributed by atoms with Crippen LogP contribution in [0.25, 0.3) is 0 Å². The van der Waals surface area contributed by atoms with Crippen molar-refractivity contribution < 1.29 is 9.53 Å². The number of carbonyl (C=O) groups excluding carboxylic acids is 1. The number of hydrogen-bond donors (Lipinski definition) is 2. The second kappa shape index (κ2) is 13.8. The molecule has 4 N–H and O–H groups in total. The molecular formula is C15H32N2O2. The number of hydrogen-bond acceptors (Lipinski definition) is 4. The number of ether oxygens (including phenoxy) is 1. The van der Waals surface area contributed by atoms with E-state index in [1.807, 2.05) is 0 Å². The maximum atomic E-state index is 11.4. The molecule has 114 valence electrons. The van der Waals surface area contributed by atoms with E-state index in [0.29, 0.717) is 19.6 Å². The second-order valence-electron chi connectivity index (χ2n) is 5.22. The fourth-order valence-electron chi connectivity index (χ4n) is 2.00. The molecule has 0 bridgehead atoms. The average Bonchev–Trinajstić information content (AvgIpc) is 2.41. The highest BCUT2D eigenvalue weighted by Gasteiger charge is 2.04. The van der Waals surface area contributed by atoms with Gasteiger partial charge in [0.15, 0.2) is 0 Å². The summed E-state index contributed by atoms with van der Waals surface area (Å²) in [5.41, 5.74) is 11.3. The predicted molar refractivity (Wildman–Crippen MR) is 79.8 cm³/mol. The molecule has 0 radical (unpaired) electrons. The van der Waals surface area contributed by atoms with Crippen LogP contribution in [-0.2, 0) is 9.53 Å². The third kappa shape index (κ3) is 13.6. The number of unbranched alkanes of at least 4 members (excludes halogenated alkanes) is 4. The highest BCUT2D eigenvalue weighted by Crippen LogP contribution is 2.06. The Morgan fingerprint density at radius 3 is 2.42 bits per heavy atom. The Kier molecular flexibility index (Phi) is 13.4. The van der Waals surface area contributed by atoms with Crippen LogP contribution in [0.4, 0.5) is 0 Å². The molecule has 0 aliphatic rings. The minimum atomic E-state index is -0.0629. The van der Waals surface area contributed by atoms with Crippen molar-refractivity contribution in [2.45, 2.75) is 77.2 Å². The molecule has 0 heterocycles. The van der Waals surface area contributed by atoms with Gasteiger partial charge in [0.25, 0.3) is 0 Å². The van der Waals surface area contributed by atoms with Gasteiger partial charge >= 0.3 is 5.97 Å². The van der Waals surface area contributed by atoms with E-state index in [1.165, 1.54) is 19.3 Å². The Morgan fingerprint density at radius 1 is 1.05 bits per heavy atom. The number of nitrogens with two attached hydrogens (primary N) is 2. The summed E-state index contributed by atoms with van der Waals surface area (Å²) in [5, 5.41) is 0. The molecule has 0 aliphatic carbocycles. The lowest BCUT2D eigenvalue weighted by molar-refractivity contribution is -0.143. The van der Waals surface area contributed by atoms with Crippen LogP contribution in [0.15, 0.2) is 0 Å². The Hall–Kier alpha value is -0.610. The first kappa shape index (κ1) is 18.4. The van der Waals surface area contributed by atoms with Gasteiger partial charge in [0.05, 0.1) is 6.61 Å². The van der Waals surface area contributed by atoms with Crippen molar-refractivity contribution in [1.29, 1.82) is 0 Å². The van der Waals surface area contributed by atoms with Crippen molar-refractivity contribution in [1.82, 2.24) is 0 Å². The van der Waals surface area contributed by atoms with Crippen molar-refractivity contribution >= 4 is 5.97 Å². The normalized spacial score (nSPS) is 12.4. The number of carbonyl (C=O) groups is 1. The lowest BCUT2D eigenvalue weighted by Crippen LogP contribution is -2.21. The van der Waals surface area contributed by atoms with E-state index in [1.54, 1.807) is 0 Å². The van der Waals surface area contributed by atoms with Crippen molar-refractivity contribution in [2.24, 2.45) is 11.5 Å². The summed E-state index contributed by atoms with van der Waals surface area (Å²) in [6, 6.07) is 0.191. The summed E-state index contributed by atoms with van der Waals surface area (Å²) in [4.78, 5) is 11.4. The first-order valence-corrected chi connectivity index (χ1v) is 7.82. The molecule has 1 unspecified atom stereocenters. The minimum Gasteiger partial charge on any atom is -0.466 e. The van der Waals surface area contributed by atoms with E-state index < -0.39 is 0 Å². The van der Waals surface area contributed by atoms with Crippen LogP contribution >= 0.6 is 0 Å². The largest absolute Gasteiger partial charge is 0.466 e. The van der Waals surface area contributed by atoms with Crippen LogP contribution in [0.5, 0.6) is 0 Å². The van der Waals surface area contributed by atoms with Crippen molar-refractivity contribution in [3.63, 3.8) is 0 Å². The summed E-state index contributed by atoms with van der Waals surface area (Å²) < 4.78 is 5.18. The maximum Gasteiger partial charge on any atom is 0.305 e. The van der Waals surface area contributed by atoms with Gasteiger partial charge in [-0.15, -0.1) is 0 Å². The molecule has 0 saturated heterocycles. The number of esters is 1. The molecule has 0 aromatic carbocycles. The lowest BCUT2D eigenvalue weighted by atomic mass is 10.1. The van der Waals surface area contributed by atoms with Gasteiger partial charge in [-0.05, 0) is 38.6 Å². The molecule has 0 fully saturated rings. The average molecular weight is 272 g/mol. The zero-order chi connectivity index (χ0) is 14.3. The predicted octanol–water partition coefficient (Wildman–Crippen LogP) is 2.74. The molecule has 19 heavy (non-hydrogen) atoms. The molecule has 0 spiro atoms. The van der Waals surface area contributed by atoms with Gasteiger partial charge in [-0.1, -0.05) is 32.6 Å². The van der Waals surface area contributed by atoms with Crippen LogP contribution in [-0.4, -0.2) is 25.2 Å². The zero-order valence-corrected chi connectivity index (χ0v) is 12.5. The summed E-state index contributed by atoms with van der Waals surface area (Å²) in [7, 11) is 0. The first-order chi connectivity index (χ1) is 9.20. The fourth-order valence-corrected chi connectivity index (χ4v) is 2.00. The highest BCUT2D eigenvalue weighted by molar-refractivity contribution is 5.69. The fraction of sp³-hybridized carbons (Fsp3) is 0.933. The molecule has 1 atom stereocenters. The van der Waals surface area contributed by atoms with E-state index in [9.17, 15) is 4.79 Å². The third-order valence-electron chi connectivity index (χ3n) is 3.25. The van der Waals surface area contributed by atoms with Gasteiger partial charge in [-0.25, -0.2) is 0 Å². The molecule has 4 heteroatoms. The molecule has 0 aromatic rings. The van der Waals surface area contributed by atoms with E-state index in [4.69, 9.17) is 16.2 Å². The standard InChI is InChI=1S/C15H32N2O2/c1-2-3-4-5-6-11-15(18)19-13-8-10-14(17)9-7-12-16/h14H,2-13,16-17H2,1H3. The molecule has 0 amide bonds. The zero-order valence-electron chi connectivity index (χ0n) is 12.5. The van der Waals surface area contributed by atoms with Gasteiger partial charge in [-0.2, -0.15) is 0 Å². The molecule has 0 saturated carbocycles. The van der Waals surface area contributed by atoms with Gasteiger partial charge < -0.3 is 16.2 Å². The quantitative estimate of drug-likeness (QED) is 0.399. The SMILES string of the molecule is CCCCCCCC(=O)OCCCC(N)CCCN. The number of rotatable bonds is 13. The van der Waals surface area contributed by atoms with Crippen LogP contribution in [0.3, 0.4) is 0 Å². The van der Waals surface area contributed by atoms with E-state index >= 15 is 0 Å². The molecule has 0 rings (SSSR count). The smallest absolute Gasteiger partial charge is 0.305 e. The Bertz CT molecular complexity index is 210. The monoisotopic (exact) mass is 272 g/mol. The van der Waals surface area contributed by atoms with E-state index in [-0.39, 0.29) is 12.0 Å². The van der Waals surface area contributed by atoms with Crippen LogP contribution in [0.1, 0.15) is 71.1 Å². The molecular weight excluding hydrogens is 240 g/mol. The van der Waals surface area contributed by atoms with Gasteiger partial charge in [0.2, 0.25) is 0 Å². The first-order valence-electron chi connectivity index (χ1n) is 7.82. The molecule has 0 aromatic heterocycles. The minimum absolute atomic E-state index is 0.0629. The maximum absolute atomic E-state index is 11.4. The summed E-state index contributed by atoms with van der Waals surface area (Å²) in [6.45, 7) is 3.39. The van der Waals surface area contributed by atoms with Crippen molar-refractivity contribution in [3.05, 3.63) is 0 Å². The summed E-state index contributed by atoms with van der Waals surface area (Å²) >= 11 is 0. The molecule has 4 nitrogen and oxygen atoms in total. The Balaban J connectivity index is 3.28. The molecule has 0 aliphatic heterocycles.